The highest BCUT2D eigenvalue weighted by Gasteiger charge is 2.34. The molecule has 0 N–H and O–H groups in total. The lowest BCUT2D eigenvalue weighted by Crippen LogP contribution is -2.23. The zero-order valence-corrected chi connectivity index (χ0v) is 21.4. The standard InChI is InChI=1S/C22H14Cl2F3N7O3S/c1-2-38(36,37)16-3-4-18(34-21(35)32(11-28-34)14-8-12(23)7-13(24)9-14)30-20(16)15-5-6-33-19(29-15)10-17(31-33)22(25,26)27/h3-11H,2H2,1H3. The maximum Gasteiger partial charge on any atom is 0.435 e. The van der Waals surface area contributed by atoms with Gasteiger partial charge in [-0.25, -0.2) is 32.3 Å². The van der Waals surface area contributed by atoms with E-state index in [4.69, 9.17) is 23.2 Å². The number of hydrogen-bond acceptors (Lipinski definition) is 7. The van der Waals surface area contributed by atoms with Crippen molar-refractivity contribution in [3.8, 4) is 22.9 Å². The molecule has 0 saturated heterocycles. The van der Waals surface area contributed by atoms with Crippen LogP contribution in [0.15, 0.2) is 64.7 Å². The number of nitrogens with zero attached hydrogens (tertiary/aromatic N) is 7. The first-order chi connectivity index (χ1) is 17.9. The molecule has 0 unspecified atom stereocenters. The summed E-state index contributed by atoms with van der Waals surface area (Å²) in [6.45, 7) is 1.43. The molecule has 196 valence electrons. The molecule has 38 heavy (non-hydrogen) atoms. The molecule has 0 spiro atoms. The van der Waals surface area contributed by atoms with Crippen molar-refractivity contribution in [2.24, 2.45) is 0 Å². The molecule has 0 radical (unpaired) electrons. The summed E-state index contributed by atoms with van der Waals surface area (Å²) >= 11 is 12.1. The van der Waals surface area contributed by atoms with E-state index in [2.05, 4.69) is 20.2 Å². The van der Waals surface area contributed by atoms with E-state index in [-0.39, 0.29) is 43.5 Å². The largest absolute Gasteiger partial charge is 0.435 e. The first-order valence-corrected chi connectivity index (χ1v) is 13.1. The summed E-state index contributed by atoms with van der Waals surface area (Å²) in [5.74, 6) is -0.337. The molecule has 0 aliphatic heterocycles. The van der Waals surface area contributed by atoms with Crippen LogP contribution in [0.4, 0.5) is 13.2 Å². The number of halogens is 5. The minimum absolute atomic E-state index is 0.0471. The van der Waals surface area contributed by atoms with Crippen LogP contribution in [0, 0.1) is 0 Å². The van der Waals surface area contributed by atoms with Crippen LogP contribution in [0.1, 0.15) is 12.6 Å². The highest BCUT2D eigenvalue weighted by Crippen LogP contribution is 2.30. The minimum Gasteiger partial charge on any atom is -0.249 e. The number of alkyl halides is 3. The van der Waals surface area contributed by atoms with Crippen molar-refractivity contribution in [1.29, 1.82) is 0 Å². The van der Waals surface area contributed by atoms with Gasteiger partial charge >= 0.3 is 11.9 Å². The van der Waals surface area contributed by atoms with Gasteiger partial charge in [0.1, 0.15) is 12.0 Å². The molecular formula is C22H14Cl2F3N7O3S. The fraction of sp³-hybridized carbons (Fsp3) is 0.136. The van der Waals surface area contributed by atoms with Gasteiger partial charge in [-0.05, 0) is 36.4 Å². The Bertz CT molecular complexity index is 1860. The normalized spacial score (nSPS) is 12.4. The molecule has 0 saturated carbocycles. The van der Waals surface area contributed by atoms with E-state index in [1.165, 1.54) is 55.8 Å². The lowest BCUT2D eigenvalue weighted by atomic mass is 10.2. The van der Waals surface area contributed by atoms with Gasteiger partial charge in [-0.15, -0.1) is 0 Å². The number of hydrogen-bond donors (Lipinski definition) is 0. The van der Waals surface area contributed by atoms with Crippen molar-refractivity contribution in [2.45, 2.75) is 18.0 Å². The van der Waals surface area contributed by atoms with Crippen molar-refractivity contribution in [2.75, 3.05) is 5.75 Å². The smallest absolute Gasteiger partial charge is 0.249 e. The zero-order valence-electron chi connectivity index (χ0n) is 19.1. The van der Waals surface area contributed by atoms with Crippen LogP contribution in [0.25, 0.3) is 28.5 Å². The lowest BCUT2D eigenvalue weighted by molar-refractivity contribution is -0.141. The zero-order chi connectivity index (χ0) is 27.4. The SMILES string of the molecule is CCS(=O)(=O)c1ccc(-n2ncn(-c3cc(Cl)cc(Cl)c3)c2=O)nc1-c1ccn2nc(C(F)(F)F)cc2n1. The summed E-state index contributed by atoms with van der Waals surface area (Å²) in [6.07, 6.45) is -2.29. The monoisotopic (exact) mass is 583 g/mol. The van der Waals surface area contributed by atoms with E-state index in [0.29, 0.717) is 5.69 Å². The minimum atomic E-state index is -4.70. The summed E-state index contributed by atoms with van der Waals surface area (Å²) in [7, 11) is -3.85. The van der Waals surface area contributed by atoms with Gasteiger partial charge in [-0.2, -0.15) is 28.1 Å². The summed E-state index contributed by atoms with van der Waals surface area (Å²) < 4.78 is 67.9. The van der Waals surface area contributed by atoms with Crippen molar-refractivity contribution >= 4 is 38.7 Å². The van der Waals surface area contributed by atoms with Crippen molar-refractivity contribution in [1.82, 2.24) is 33.9 Å². The number of sulfone groups is 1. The second-order valence-electron chi connectivity index (χ2n) is 7.89. The summed E-state index contributed by atoms with van der Waals surface area (Å²) in [4.78, 5) is 21.4. The molecule has 4 aromatic heterocycles. The topological polar surface area (TPSA) is 117 Å². The molecule has 1 aromatic carbocycles. The van der Waals surface area contributed by atoms with Gasteiger partial charge in [0.2, 0.25) is 0 Å². The molecule has 16 heteroatoms. The van der Waals surface area contributed by atoms with Crippen LogP contribution in [0.5, 0.6) is 0 Å². The van der Waals surface area contributed by atoms with E-state index >= 15 is 0 Å². The third kappa shape index (κ3) is 4.66. The Morgan fingerprint density at radius 2 is 1.71 bits per heavy atom. The Balaban J connectivity index is 1.68. The van der Waals surface area contributed by atoms with Crippen LogP contribution in [-0.4, -0.2) is 48.1 Å². The predicted molar refractivity (Wildman–Crippen MR) is 132 cm³/mol. The summed E-state index contributed by atoms with van der Waals surface area (Å²) in [6, 6.07) is 9.01. The van der Waals surface area contributed by atoms with E-state index in [0.717, 1.165) is 19.8 Å². The van der Waals surface area contributed by atoms with Crippen molar-refractivity contribution < 1.29 is 21.6 Å². The van der Waals surface area contributed by atoms with Gasteiger partial charge in [0.25, 0.3) is 0 Å². The van der Waals surface area contributed by atoms with Crippen LogP contribution >= 0.6 is 23.2 Å². The van der Waals surface area contributed by atoms with Crippen LogP contribution in [-0.2, 0) is 16.0 Å². The van der Waals surface area contributed by atoms with Gasteiger partial charge in [-0.3, -0.25) is 0 Å². The van der Waals surface area contributed by atoms with Crippen molar-refractivity contribution in [3.63, 3.8) is 0 Å². The highest BCUT2D eigenvalue weighted by molar-refractivity contribution is 7.91. The third-order valence-electron chi connectivity index (χ3n) is 5.43. The Kier molecular flexibility index (Phi) is 6.28. The van der Waals surface area contributed by atoms with Crippen LogP contribution in [0.3, 0.4) is 0 Å². The number of aromatic nitrogens is 7. The molecule has 5 aromatic rings. The van der Waals surface area contributed by atoms with Gasteiger partial charge in [-0.1, -0.05) is 30.1 Å². The second kappa shape index (κ2) is 9.22. The number of rotatable bonds is 5. The van der Waals surface area contributed by atoms with Gasteiger partial charge < -0.3 is 0 Å². The molecule has 0 amide bonds. The maximum atomic E-state index is 13.1. The first-order valence-electron chi connectivity index (χ1n) is 10.7. The van der Waals surface area contributed by atoms with Crippen molar-refractivity contribution in [3.05, 3.63) is 81.2 Å². The number of benzene rings is 1. The Labute approximate surface area is 221 Å². The number of fused-ring (bicyclic) bond motifs is 1. The number of pyridine rings is 1. The maximum absolute atomic E-state index is 13.1. The summed E-state index contributed by atoms with van der Waals surface area (Å²) in [5.41, 5.74) is -1.90. The molecular weight excluding hydrogens is 570 g/mol. The molecule has 10 nitrogen and oxygen atoms in total. The van der Waals surface area contributed by atoms with Gasteiger partial charge in [0.15, 0.2) is 27.0 Å². The fourth-order valence-electron chi connectivity index (χ4n) is 3.61. The average molecular weight is 584 g/mol. The molecule has 4 heterocycles. The molecule has 0 bridgehead atoms. The average Bonchev–Trinajstić information content (AvgIpc) is 3.46. The van der Waals surface area contributed by atoms with Gasteiger partial charge in [0, 0.05) is 22.3 Å². The van der Waals surface area contributed by atoms with E-state index in [9.17, 15) is 26.4 Å². The highest BCUT2D eigenvalue weighted by atomic mass is 35.5. The Hall–Kier alpha value is -3.75. The molecule has 0 aliphatic carbocycles. The Morgan fingerprint density at radius 1 is 1.00 bits per heavy atom. The van der Waals surface area contributed by atoms with Crippen LogP contribution < -0.4 is 5.69 Å². The van der Waals surface area contributed by atoms with E-state index < -0.39 is 27.4 Å². The quantitative estimate of drug-likeness (QED) is 0.303. The second-order valence-corrected chi connectivity index (χ2v) is 11.0. The van der Waals surface area contributed by atoms with Crippen LogP contribution in [0.2, 0.25) is 10.0 Å². The van der Waals surface area contributed by atoms with E-state index in [1.54, 1.807) is 0 Å². The summed E-state index contributed by atoms with van der Waals surface area (Å²) in [5, 5.41) is 8.08. The molecule has 0 aliphatic rings. The third-order valence-corrected chi connectivity index (χ3v) is 7.62. The lowest BCUT2D eigenvalue weighted by Gasteiger charge is -2.10. The Morgan fingerprint density at radius 3 is 2.37 bits per heavy atom. The first kappa shape index (κ1) is 25.9. The molecule has 0 fully saturated rings. The fourth-order valence-corrected chi connectivity index (χ4v) is 5.16. The van der Waals surface area contributed by atoms with Gasteiger partial charge in [0.05, 0.1) is 22.0 Å². The molecule has 5 rings (SSSR count). The van der Waals surface area contributed by atoms with E-state index in [1.807, 2.05) is 0 Å². The predicted octanol–water partition coefficient (Wildman–Crippen LogP) is 4.25. The molecule has 0 atom stereocenters.